The highest BCUT2D eigenvalue weighted by Crippen LogP contribution is 2.30. The zero-order valence-electron chi connectivity index (χ0n) is 10.3. The van der Waals surface area contributed by atoms with Crippen molar-refractivity contribution in [2.45, 2.75) is 52.5 Å². The van der Waals surface area contributed by atoms with Crippen LogP contribution in [0.15, 0.2) is 0 Å². The summed E-state index contributed by atoms with van der Waals surface area (Å²) in [5, 5.41) is 12.6. The van der Waals surface area contributed by atoms with Crippen LogP contribution < -0.4 is 5.32 Å². The zero-order valence-corrected chi connectivity index (χ0v) is 10.3. The van der Waals surface area contributed by atoms with Crippen molar-refractivity contribution in [1.29, 1.82) is 5.26 Å². The smallest absolute Gasteiger partial charge is 0.0981 e. The van der Waals surface area contributed by atoms with Gasteiger partial charge in [-0.2, -0.15) is 5.26 Å². The van der Waals surface area contributed by atoms with Crippen molar-refractivity contribution in [3.05, 3.63) is 0 Å². The number of nitriles is 1. The molecule has 0 aromatic heterocycles. The van der Waals surface area contributed by atoms with E-state index in [0.717, 1.165) is 12.5 Å². The Kier molecular flexibility index (Phi) is 5.11. The van der Waals surface area contributed by atoms with Crippen LogP contribution in [0.4, 0.5) is 0 Å². The lowest BCUT2D eigenvalue weighted by Gasteiger charge is -2.30. The predicted octanol–water partition coefficient (Wildman–Crippen LogP) is 2.95. The number of hydrogen-bond donors (Lipinski definition) is 1. The van der Waals surface area contributed by atoms with Crippen LogP contribution >= 0.6 is 0 Å². The van der Waals surface area contributed by atoms with Gasteiger partial charge in [0.05, 0.1) is 12.1 Å². The van der Waals surface area contributed by atoms with Crippen molar-refractivity contribution in [3.63, 3.8) is 0 Å². The van der Waals surface area contributed by atoms with Gasteiger partial charge in [0.25, 0.3) is 0 Å². The van der Waals surface area contributed by atoms with Gasteiger partial charge in [0.2, 0.25) is 0 Å². The fourth-order valence-corrected chi connectivity index (χ4v) is 2.46. The molecule has 1 fully saturated rings. The van der Waals surface area contributed by atoms with E-state index in [1.54, 1.807) is 0 Å². The summed E-state index contributed by atoms with van der Waals surface area (Å²) in [5.74, 6) is 2.01. The monoisotopic (exact) mass is 208 g/mol. The van der Waals surface area contributed by atoms with E-state index in [2.05, 4.69) is 32.2 Å². The molecule has 2 nitrogen and oxygen atoms in total. The highest BCUT2D eigenvalue weighted by atomic mass is 14.9. The third-order valence-corrected chi connectivity index (χ3v) is 3.33. The Bertz CT molecular complexity index is 217. The molecule has 1 N–H and O–H groups in total. The van der Waals surface area contributed by atoms with Crippen LogP contribution in [0, 0.1) is 29.1 Å². The Morgan fingerprint density at radius 3 is 2.67 bits per heavy atom. The van der Waals surface area contributed by atoms with Gasteiger partial charge in [0, 0.05) is 0 Å². The molecular weight excluding hydrogens is 184 g/mol. The third kappa shape index (κ3) is 4.22. The van der Waals surface area contributed by atoms with Crippen molar-refractivity contribution in [2.24, 2.45) is 17.8 Å². The van der Waals surface area contributed by atoms with E-state index in [1.807, 2.05) is 0 Å². The highest BCUT2D eigenvalue weighted by Gasteiger charge is 2.26. The molecule has 3 unspecified atom stereocenters. The number of nitrogens with zero attached hydrogens (tertiary/aromatic N) is 1. The van der Waals surface area contributed by atoms with E-state index in [-0.39, 0.29) is 6.04 Å². The van der Waals surface area contributed by atoms with Crippen molar-refractivity contribution in [1.82, 2.24) is 5.32 Å². The van der Waals surface area contributed by atoms with Crippen LogP contribution in [-0.2, 0) is 0 Å². The van der Waals surface area contributed by atoms with Crippen molar-refractivity contribution >= 4 is 0 Å². The molecule has 0 amide bonds. The molecule has 1 rings (SSSR count). The number of nitrogens with one attached hydrogen (secondary N) is 1. The van der Waals surface area contributed by atoms with Gasteiger partial charge in [-0.3, -0.25) is 0 Å². The van der Waals surface area contributed by atoms with Gasteiger partial charge in [-0.05, 0) is 37.1 Å². The summed E-state index contributed by atoms with van der Waals surface area (Å²) < 4.78 is 0. The van der Waals surface area contributed by atoms with Crippen LogP contribution in [0.5, 0.6) is 0 Å². The molecular formula is C13H24N2. The second-order valence-corrected chi connectivity index (χ2v) is 5.44. The first kappa shape index (κ1) is 12.5. The van der Waals surface area contributed by atoms with E-state index < -0.39 is 0 Å². The first-order valence-electron chi connectivity index (χ1n) is 6.26. The molecule has 0 aromatic carbocycles. The highest BCUT2D eigenvalue weighted by molar-refractivity contribution is 4.96. The van der Waals surface area contributed by atoms with Gasteiger partial charge in [0.15, 0.2) is 0 Å². The summed E-state index contributed by atoms with van der Waals surface area (Å²) in [5.41, 5.74) is 0. The first-order chi connectivity index (χ1) is 7.13. The minimum Gasteiger partial charge on any atom is -0.301 e. The Morgan fingerprint density at radius 2 is 2.13 bits per heavy atom. The van der Waals surface area contributed by atoms with E-state index in [9.17, 15) is 0 Å². The number of hydrogen-bond acceptors (Lipinski definition) is 2. The molecule has 0 aliphatic heterocycles. The molecule has 1 saturated carbocycles. The molecule has 0 bridgehead atoms. The lowest BCUT2D eigenvalue weighted by atomic mass is 9.79. The largest absolute Gasteiger partial charge is 0.301 e. The molecule has 1 aliphatic carbocycles. The Hall–Kier alpha value is -0.550. The van der Waals surface area contributed by atoms with Gasteiger partial charge in [-0.15, -0.1) is 0 Å². The van der Waals surface area contributed by atoms with Gasteiger partial charge < -0.3 is 5.32 Å². The van der Waals surface area contributed by atoms with Crippen LogP contribution in [-0.4, -0.2) is 12.6 Å². The SMILES string of the molecule is CC(C)CNC(C#N)C1CCCC(C)C1. The van der Waals surface area contributed by atoms with Crippen LogP contribution in [0.25, 0.3) is 0 Å². The van der Waals surface area contributed by atoms with Gasteiger partial charge in [-0.1, -0.05) is 33.6 Å². The number of rotatable bonds is 4. The minimum absolute atomic E-state index is 0.0788. The van der Waals surface area contributed by atoms with Gasteiger partial charge in [-0.25, -0.2) is 0 Å². The molecule has 1 aliphatic rings. The molecule has 0 saturated heterocycles. The lowest BCUT2D eigenvalue weighted by molar-refractivity contribution is 0.245. The topological polar surface area (TPSA) is 35.8 Å². The fraction of sp³-hybridized carbons (Fsp3) is 0.923. The van der Waals surface area contributed by atoms with Gasteiger partial charge >= 0.3 is 0 Å². The van der Waals surface area contributed by atoms with Crippen molar-refractivity contribution in [2.75, 3.05) is 6.54 Å². The van der Waals surface area contributed by atoms with E-state index in [0.29, 0.717) is 11.8 Å². The van der Waals surface area contributed by atoms with Crippen LogP contribution in [0.1, 0.15) is 46.5 Å². The molecule has 3 atom stereocenters. The molecule has 2 heteroatoms. The summed E-state index contributed by atoms with van der Waals surface area (Å²) in [4.78, 5) is 0. The maximum Gasteiger partial charge on any atom is 0.0981 e. The maximum atomic E-state index is 9.16. The summed E-state index contributed by atoms with van der Waals surface area (Å²) >= 11 is 0. The molecule has 0 heterocycles. The summed E-state index contributed by atoms with van der Waals surface area (Å²) in [6.07, 6.45) is 5.10. The molecule has 0 spiro atoms. The van der Waals surface area contributed by atoms with E-state index in [1.165, 1.54) is 25.7 Å². The van der Waals surface area contributed by atoms with Crippen LogP contribution in [0.2, 0.25) is 0 Å². The van der Waals surface area contributed by atoms with Crippen LogP contribution in [0.3, 0.4) is 0 Å². The summed E-state index contributed by atoms with van der Waals surface area (Å²) in [7, 11) is 0. The Morgan fingerprint density at radius 1 is 1.40 bits per heavy atom. The standard InChI is InChI=1S/C13H24N2/c1-10(2)9-15-13(8-14)12-6-4-5-11(3)7-12/h10-13,15H,4-7,9H2,1-3H3. The average Bonchev–Trinajstić information content (AvgIpc) is 2.18. The molecule has 86 valence electrons. The average molecular weight is 208 g/mol. The molecule has 0 aromatic rings. The second-order valence-electron chi connectivity index (χ2n) is 5.44. The normalized spacial score (nSPS) is 28.7. The second kappa shape index (κ2) is 6.12. The quantitative estimate of drug-likeness (QED) is 0.771. The maximum absolute atomic E-state index is 9.16. The van der Waals surface area contributed by atoms with E-state index in [4.69, 9.17) is 5.26 Å². The fourth-order valence-electron chi connectivity index (χ4n) is 2.46. The minimum atomic E-state index is 0.0788. The molecule has 0 radical (unpaired) electrons. The van der Waals surface area contributed by atoms with Gasteiger partial charge in [0.1, 0.15) is 0 Å². The third-order valence-electron chi connectivity index (χ3n) is 3.33. The van der Waals surface area contributed by atoms with E-state index >= 15 is 0 Å². The Labute approximate surface area is 94.1 Å². The molecule has 15 heavy (non-hydrogen) atoms. The predicted molar refractivity (Wildman–Crippen MR) is 63.4 cm³/mol. The summed E-state index contributed by atoms with van der Waals surface area (Å²) in [6, 6.07) is 2.52. The summed E-state index contributed by atoms with van der Waals surface area (Å²) in [6.45, 7) is 7.64. The lowest BCUT2D eigenvalue weighted by Crippen LogP contribution is -2.39. The Balaban J connectivity index is 2.40. The van der Waals surface area contributed by atoms with Crippen molar-refractivity contribution < 1.29 is 0 Å². The zero-order chi connectivity index (χ0) is 11.3. The first-order valence-corrected chi connectivity index (χ1v) is 6.26. The van der Waals surface area contributed by atoms with Crippen molar-refractivity contribution in [3.8, 4) is 6.07 Å².